The Hall–Kier alpha value is -0.380. The highest BCUT2D eigenvalue weighted by Gasteiger charge is 2.85. The van der Waals surface area contributed by atoms with E-state index in [9.17, 15) is 35.1 Å². The maximum absolute atomic E-state index is 13.8. The summed E-state index contributed by atoms with van der Waals surface area (Å²) < 4.78 is 107. The SMILES string of the molecule is Cc1cc(Br)c2c(c1Br)C(F)(F)C(F)(F)C(F)(F)C2(F)F. The van der Waals surface area contributed by atoms with Crippen molar-refractivity contribution >= 4 is 31.9 Å². The van der Waals surface area contributed by atoms with E-state index in [4.69, 9.17) is 0 Å². The van der Waals surface area contributed by atoms with Crippen molar-refractivity contribution < 1.29 is 35.1 Å². The molecule has 0 heterocycles. The van der Waals surface area contributed by atoms with Gasteiger partial charge in [0.1, 0.15) is 0 Å². The third-order valence-corrected chi connectivity index (χ3v) is 4.86. The molecule has 0 unspecified atom stereocenters. The van der Waals surface area contributed by atoms with Crippen molar-refractivity contribution in [2.24, 2.45) is 0 Å². The van der Waals surface area contributed by atoms with Crippen LogP contribution in [0.2, 0.25) is 0 Å². The molecule has 1 aliphatic rings. The van der Waals surface area contributed by atoms with Crippen LogP contribution in [0.15, 0.2) is 15.0 Å². The summed E-state index contributed by atoms with van der Waals surface area (Å²) in [5, 5.41) is 0. The second-order valence-electron chi connectivity index (χ2n) is 4.54. The molecule has 1 aliphatic carbocycles. The molecule has 0 nitrogen and oxygen atoms in total. The topological polar surface area (TPSA) is 0 Å². The number of aryl methyl sites for hydroxylation is 1. The van der Waals surface area contributed by atoms with Crippen LogP contribution >= 0.6 is 31.9 Å². The van der Waals surface area contributed by atoms with Gasteiger partial charge in [0, 0.05) is 8.95 Å². The predicted octanol–water partition coefficient (Wildman–Crippen LogP) is 5.99. The molecule has 10 heteroatoms. The lowest BCUT2D eigenvalue weighted by atomic mass is 9.79. The first kappa shape index (κ1) is 17.0. The molecule has 21 heavy (non-hydrogen) atoms. The lowest BCUT2D eigenvalue weighted by Crippen LogP contribution is -2.64. The molecule has 1 aromatic carbocycles. The Morgan fingerprint density at radius 3 is 1.57 bits per heavy atom. The van der Waals surface area contributed by atoms with E-state index in [1.807, 2.05) is 0 Å². The predicted molar refractivity (Wildman–Crippen MR) is 64.3 cm³/mol. The van der Waals surface area contributed by atoms with Crippen molar-refractivity contribution in [3.8, 4) is 0 Å². The summed E-state index contributed by atoms with van der Waals surface area (Å²) in [6, 6.07) is 0.868. The Balaban J connectivity index is 3.05. The van der Waals surface area contributed by atoms with E-state index >= 15 is 0 Å². The molecular formula is C11H4Br2F8. The number of rotatable bonds is 0. The van der Waals surface area contributed by atoms with Gasteiger partial charge in [-0.05, 0) is 34.5 Å². The molecule has 0 radical (unpaired) electrons. The zero-order chi connectivity index (χ0) is 16.6. The van der Waals surface area contributed by atoms with Gasteiger partial charge < -0.3 is 0 Å². The van der Waals surface area contributed by atoms with Crippen LogP contribution in [0.5, 0.6) is 0 Å². The number of benzene rings is 1. The Kier molecular flexibility index (Phi) is 3.50. The fraction of sp³-hybridized carbons (Fsp3) is 0.455. The summed E-state index contributed by atoms with van der Waals surface area (Å²) in [5.74, 6) is -23.4. The summed E-state index contributed by atoms with van der Waals surface area (Å²) in [7, 11) is 0. The number of fused-ring (bicyclic) bond motifs is 1. The van der Waals surface area contributed by atoms with Crippen molar-refractivity contribution in [3.05, 3.63) is 31.7 Å². The van der Waals surface area contributed by atoms with E-state index < -0.39 is 43.8 Å². The highest BCUT2D eigenvalue weighted by Crippen LogP contribution is 2.66. The minimum Gasteiger partial charge on any atom is -0.194 e. The van der Waals surface area contributed by atoms with Gasteiger partial charge in [0.05, 0.1) is 11.1 Å². The van der Waals surface area contributed by atoms with Gasteiger partial charge in [0.15, 0.2) is 0 Å². The molecule has 0 N–H and O–H groups in total. The smallest absolute Gasteiger partial charge is 0.194 e. The normalized spacial score (nSPS) is 24.5. The van der Waals surface area contributed by atoms with Crippen LogP contribution in [-0.4, -0.2) is 11.8 Å². The molecule has 0 aliphatic heterocycles. The number of halogens is 10. The van der Waals surface area contributed by atoms with E-state index in [0.29, 0.717) is 0 Å². The van der Waals surface area contributed by atoms with Crippen LogP contribution in [0.3, 0.4) is 0 Å². The third-order valence-electron chi connectivity index (χ3n) is 3.21. The number of hydrogen-bond acceptors (Lipinski definition) is 0. The Bertz CT molecular complexity index is 623. The van der Waals surface area contributed by atoms with Gasteiger partial charge in [-0.1, -0.05) is 15.9 Å². The second-order valence-corrected chi connectivity index (χ2v) is 6.18. The molecule has 2 rings (SSSR count). The van der Waals surface area contributed by atoms with Gasteiger partial charge in [0.25, 0.3) is 0 Å². The van der Waals surface area contributed by atoms with Crippen LogP contribution < -0.4 is 0 Å². The summed E-state index contributed by atoms with van der Waals surface area (Å²) in [6.07, 6.45) is 0. The average Bonchev–Trinajstić information content (AvgIpc) is 2.30. The Labute approximate surface area is 129 Å². The number of alkyl halides is 8. The van der Waals surface area contributed by atoms with Gasteiger partial charge in [-0.25, -0.2) is 0 Å². The maximum atomic E-state index is 13.8. The van der Waals surface area contributed by atoms with E-state index in [1.165, 1.54) is 6.92 Å². The molecule has 118 valence electrons. The fourth-order valence-electron chi connectivity index (χ4n) is 2.06. The van der Waals surface area contributed by atoms with Gasteiger partial charge in [-0.2, -0.15) is 35.1 Å². The fourth-order valence-corrected chi connectivity index (χ4v) is 3.41. The third kappa shape index (κ3) is 1.77. The van der Waals surface area contributed by atoms with Crippen LogP contribution in [0.4, 0.5) is 35.1 Å². The highest BCUT2D eigenvalue weighted by molar-refractivity contribution is 9.11. The molecule has 0 amide bonds. The Morgan fingerprint density at radius 1 is 0.762 bits per heavy atom. The standard InChI is InChI=1S/C11H4Br2F8/c1-3-2-4(12)5-6(7(3)13)9(16,17)11(20,21)10(18,19)8(5,14)15/h2H,1H3. The van der Waals surface area contributed by atoms with Gasteiger partial charge in [0.2, 0.25) is 0 Å². The maximum Gasteiger partial charge on any atom is 0.383 e. The minimum atomic E-state index is -6.24. The summed E-state index contributed by atoms with van der Waals surface area (Å²) in [6.45, 7) is 1.17. The first-order chi connectivity index (χ1) is 9.21. The van der Waals surface area contributed by atoms with E-state index in [2.05, 4.69) is 31.9 Å². The first-order valence-electron chi connectivity index (χ1n) is 5.22. The summed E-state index contributed by atoms with van der Waals surface area (Å²) in [5.41, 5.74) is -3.77. The molecule has 0 atom stereocenters. The minimum absolute atomic E-state index is 0.0860. The van der Waals surface area contributed by atoms with E-state index in [0.717, 1.165) is 6.07 Å². The first-order valence-corrected chi connectivity index (χ1v) is 6.80. The van der Waals surface area contributed by atoms with Crippen molar-refractivity contribution in [1.29, 1.82) is 0 Å². The summed E-state index contributed by atoms with van der Waals surface area (Å²) in [4.78, 5) is 0. The van der Waals surface area contributed by atoms with Crippen molar-refractivity contribution in [2.45, 2.75) is 30.6 Å². The largest absolute Gasteiger partial charge is 0.383 e. The van der Waals surface area contributed by atoms with E-state index in [1.54, 1.807) is 0 Å². The molecule has 0 bridgehead atoms. The quantitative estimate of drug-likeness (QED) is 0.429. The highest BCUT2D eigenvalue weighted by atomic mass is 79.9. The molecule has 0 saturated heterocycles. The average molecular weight is 448 g/mol. The molecule has 1 aromatic rings. The summed E-state index contributed by atoms with van der Waals surface area (Å²) >= 11 is 4.98. The number of hydrogen-bond donors (Lipinski definition) is 0. The van der Waals surface area contributed by atoms with Crippen LogP contribution in [-0.2, 0) is 11.8 Å². The van der Waals surface area contributed by atoms with Crippen molar-refractivity contribution in [1.82, 2.24) is 0 Å². The van der Waals surface area contributed by atoms with Crippen molar-refractivity contribution in [3.63, 3.8) is 0 Å². The van der Waals surface area contributed by atoms with Crippen LogP contribution in [0.25, 0.3) is 0 Å². The zero-order valence-electron chi connectivity index (χ0n) is 9.86. The molecular weight excluding hydrogens is 444 g/mol. The van der Waals surface area contributed by atoms with Gasteiger partial charge >= 0.3 is 23.7 Å². The zero-order valence-corrected chi connectivity index (χ0v) is 13.0. The second kappa shape index (κ2) is 4.33. The lowest BCUT2D eigenvalue weighted by Gasteiger charge is -2.43. The molecule has 0 spiro atoms. The van der Waals surface area contributed by atoms with Gasteiger partial charge in [-0.15, -0.1) is 0 Å². The van der Waals surface area contributed by atoms with E-state index in [-0.39, 0.29) is 5.56 Å². The van der Waals surface area contributed by atoms with Crippen molar-refractivity contribution in [2.75, 3.05) is 0 Å². The Morgan fingerprint density at radius 2 is 1.14 bits per heavy atom. The van der Waals surface area contributed by atoms with Gasteiger partial charge in [-0.3, -0.25) is 0 Å². The van der Waals surface area contributed by atoms with Crippen LogP contribution in [0.1, 0.15) is 16.7 Å². The monoisotopic (exact) mass is 446 g/mol. The van der Waals surface area contributed by atoms with Crippen LogP contribution in [0, 0.1) is 6.92 Å². The molecule has 0 saturated carbocycles. The molecule has 0 aromatic heterocycles. The molecule has 0 fully saturated rings. The lowest BCUT2D eigenvalue weighted by molar-refractivity contribution is -0.387.